The molecule has 1 N–H and O–H groups in total. The summed E-state index contributed by atoms with van der Waals surface area (Å²) in [6.07, 6.45) is 6.38. The summed E-state index contributed by atoms with van der Waals surface area (Å²) in [5, 5.41) is 4.18. The lowest BCUT2D eigenvalue weighted by Crippen LogP contribution is -2.23. The molecule has 0 saturated heterocycles. The third-order valence-electron chi connectivity index (χ3n) is 2.04. The van der Waals surface area contributed by atoms with Gasteiger partial charge in [-0.3, -0.25) is 0 Å². The van der Waals surface area contributed by atoms with Crippen molar-refractivity contribution in [3.63, 3.8) is 0 Å². The van der Waals surface area contributed by atoms with Crippen molar-refractivity contribution in [2.24, 2.45) is 0 Å². The van der Waals surface area contributed by atoms with E-state index in [0.717, 1.165) is 17.9 Å². The highest BCUT2D eigenvalue weighted by atomic mass is 35.5. The molecule has 1 rings (SSSR count). The highest BCUT2D eigenvalue weighted by Crippen LogP contribution is 2.24. The fraction of sp³-hybridized carbons (Fsp3) is 0.556. The minimum absolute atomic E-state index is 0.374. The van der Waals surface area contributed by atoms with E-state index >= 15 is 0 Å². The molecule has 1 aliphatic rings. The zero-order chi connectivity index (χ0) is 8.27. The second-order valence-corrected chi connectivity index (χ2v) is 3.27. The Morgan fingerprint density at radius 3 is 2.91 bits per heavy atom. The van der Waals surface area contributed by atoms with E-state index in [9.17, 15) is 0 Å². The fourth-order valence-corrected chi connectivity index (χ4v) is 1.53. The summed E-state index contributed by atoms with van der Waals surface area (Å²) >= 11 is 6.04. The van der Waals surface area contributed by atoms with E-state index < -0.39 is 0 Å². The van der Waals surface area contributed by atoms with Crippen molar-refractivity contribution in [3.8, 4) is 0 Å². The lowest BCUT2D eigenvalue weighted by Gasteiger charge is -2.16. The van der Waals surface area contributed by atoms with Crippen LogP contribution in [0.15, 0.2) is 22.8 Å². The van der Waals surface area contributed by atoms with Crippen LogP contribution in [0.1, 0.15) is 19.8 Å². The minimum atomic E-state index is 0.374. The Balaban J connectivity index is 2.75. The summed E-state index contributed by atoms with van der Waals surface area (Å²) in [5.74, 6) is 0. The van der Waals surface area contributed by atoms with E-state index in [1.807, 2.05) is 7.05 Å². The predicted molar refractivity (Wildman–Crippen MR) is 49.8 cm³/mol. The highest BCUT2D eigenvalue weighted by molar-refractivity contribution is 6.30. The number of rotatable bonds is 2. The predicted octanol–water partition coefficient (Wildman–Crippen LogP) is 2.44. The molecule has 0 spiro atoms. The van der Waals surface area contributed by atoms with Crippen LogP contribution in [0.25, 0.3) is 0 Å². The van der Waals surface area contributed by atoms with Crippen LogP contribution in [0.4, 0.5) is 0 Å². The highest BCUT2D eigenvalue weighted by Gasteiger charge is 2.10. The van der Waals surface area contributed by atoms with Crippen LogP contribution in [-0.2, 0) is 0 Å². The van der Waals surface area contributed by atoms with Crippen LogP contribution in [-0.4, -0.2) is 13.1 Å². The monoisotopic (exact) mass is 171 g/mol. The van der Waals surface area contributed by atoms with Gasteiger partial charge in [-0.25, -0.2) is 0 Å². The molecule has 0 aliphatic heterocycles. The normalized spacial score (nSPS) is 20.6. The van der Waals surface area contributed by atoms with Gasteiger partial charge >= 0.3 is 0 Å². The molecular formula is C9H14ClN. The molecule has 0 amide bonds. The molecule has 1 atom stereocenters. The van der Waals surface area contributed by atoms with Gasteiger partial charge in [0.25, 0.3) is 0 Å². The summed E-state index contributed by atoms with van der Waals surface area (Å²) in [4.78, 5) is 0. The third kappa shape index (κ3) is 2.08. The summed E-state index contributed by atoms with van der Waals surface area (Å²) in [6, 6.07) is 0.374. The first-order valence-electron chi connectivity index (χ1n) is 3.98. The minimum Gasteiger partial charge on any atom is -0.313 e. The van der Waals surface area contributed by atoms with Gasteiger partial charge in [-0.1, -0.05) is 23.8 Å². The molecule has 1 nitrogen and oxygen atoms in total. The van der Waals surface area contributed by atoms with E-state index in [2.05, 4.69) is 24.4 Å². The van der Waals surface area contributed by atoms with Crippen molar-refractivity contribution < 1.29 is 0 Å². The number of allylic oxidation sites excluding steroid dienone is 2. The first-order chi connectivity index (χ1) is 5.25. The van der Waals surface area contributed by atoms with Gasteiger partial charge in [-0.15, -0.1) is 0 Å². The molecule has 0 saturated carbocycles. The number of halogens is 1. The van der Waals surface area contributed by atoms with Crippen LogP contribution in [0.2, 0.25) is 0 Å². The lowest BCUT2D eigenvalue weighted by atomic mass is 10.0. The maximum atomic E-state index is 6.04. The van der Waals surface area contributed by atoms with E-state index in [0.29, 0.717) is 6.04 Å². The second-order valence-electron chi connectivity index (χ2n) is 2.81. The zero-order valence-corrected chi connectivity index (χ0v) is 7.78. The van der Waals surface area contributed by atoms with E-state index in [-0.39, 0.29) is 0 Å². The maximum Gasteiger partial charge on any atom is 0.0300 e. The van der Waals surface area contributed by atoms with Crippen molar-refractivity contribution in [2.45, 2.75) is 25.8 Å². The standard InChI is InChI=1S/C9H14ClN/c1-7(11-2)8-5-3-4-6-9(8)10/h3,5,7,11H,4,6H2,1-2H3. The molecule has 0 aromatic carbocycles. The van der Waals surface area contributed by atoms with Crippen LogP contribution >= 0.6 is 11.6 Å². The summed E-state index contributed by atoms with van der Waals surface area (Å²) in [5.41, 5.74) is 1.24. The van der Waals surface area contributed by atoms with Crippen molar-refractivity contribution in [2.75, 3.05) is 7.05 Å². The number of nitrogens with one attached hydrogen (secondary N) is 1. The van der Waals surface area contributed by atoms with Gasteiger partial charge in [0.1, 0.15) is 0 Å². The Labute approximate surface area is 73.1 Å². The molecular weight excluding hydrogens is 158 g/mol. The smallest absolute Gasteiger partial charge is 0.0300 e. The fourth-order valence-electron chi connectivity index (χ4n) is 1.19. The van der Waals surface area contributed by atoms with Gasteiger partial charge in [-0.05, 0) is 32.4 Å². The first kappa shape index (κ1) is 8.82. The first-order valence-corrected chi connectivity index (χ1v) is 4.36. The molecule has 62 valence electrons. The Bertz CT molecular complexity index is 194. The van der Waals surface area contributed by atoms with Gasteiger partial charge in [-0.2, -0.15) is 0 Å². The molecule has 1 unspecified atom stereocenters. The van der Waals surface area contributed by atoms with Gasteiger partial charge in [0.2, 0.25) is 0 Å². The number of hydrogen-bond acceptors (Lipinski definition) is 1. The maximum absolute atomic E-state index is 6.04. The van der Waals surface area contributed by atoms with E-state index in [1.165, 1.54) is 5.57 Å². The van der Waals surface area contributed by atoms with Crippen LogP contribution in [0, 0.1) is 0 Å². The molecule has 0 aromatic rings. The molecule has 0 heterocycles. The molecule has 0 radical (unpaired) electrons. The zero-order valence-electron chi connectivity index (χ0n) is 7.02. The summed E-state index contributed by atoms with van der Waals surface area (Å²) in [6.45, 7) is 2.12. The van der Waals surface area contributed by atoms with E-state index in [4.69, 9.17) is 11.6 Å². The molecule has 11 heavy (non-hydrogen) atoms. The van der Waals surface area contributed by atoms with Crippen molar-refractivity contribution >= 4 is 11.6 Å². The Morgan fingerprint density at radius 2 is 2.36 bits per heavy atom. The average molecular weight is 172 g/mol. The Hall–Kier alpha value is -0.270. The Kier molecular flexibility index (Phi) is 3.16. The SMILES string of the molecule is CNC(C)C1=C(Cl)CCC=C1. The third-order valence-corrected chi connectivity index (χ3v) is 2.45. The van der Waals surface area contributed by atoms with Crippen molar-refractivity contribution in [3.05, 3.63) is 22.8 Å². The van der Waals surface area contributed by atoms with Crippen LogP contribution < -0.4 is 5.32 Å². The van der Waals surface area contributed by atoms with E-state index in [1.54, 1.807) is 0 Å². The number of hydrogen-bond donors (Lipinski definition) is 1. The quantitative estimate of drug-likeness (QED) is 0.673. The molecule has 0 bridgehead atoms. The van der Waals surface area contributed by atoms with Crippen LogP contribution in [0.5, 0.6) is 0 Å². The molecule has 2 heteroatoms. The van der Waals surface area contributed by atoms with Crippen LogP contribution in [0.3, 0.4) is 0 Å². The molecule has 1 aliphatic carbocycles. The topological polar surface area (TPSA) is 12.0 Å². The van der Waals surface area contributed by atoms with Crippen molar-refractivity contribution in [1.29, 1.82) is 0 Å². The summed E-state index contributed by atoms with van der Waals surface area (Å²) < 4.78 is 0. The van der Waals surface area contributed by atoms with Crippen molar-refractivity contribution in [1.82, 2.24) is 5.32 Å². The number of likely N-dealkylation sites (N-methyl/N-ethyl adjacent to an activating group) is 1. The lowest BCUT2D eigenvalue weighted by molar-refractivity contribution is 0.695. The molecule has 0 fully saturated rings. The Morgan fingerprint density at radius 1 is 1.64 bits per heavy atom. The van der Waals surface area contributed by atoms with Gasteiger partial charge in [0.15, 0.2) is 0 Å². The van der Waals surface area contributed by atoms with Gasteiger partial charge in [0, 0.05) is 11.1 Å². The average Bonchev–Trinajstić information content (AvgIpc) is 2.04. The second kappa shape index (κ2) is 3.93. The van der Waals surface area contributed by atoms with Gasteiger partial charge in [0.05, 0.1) is 0 Å². The summed E-state index contributed by atoms with van der Waals surface area (Å²) in [7, 11) is 1.95. The molecule has 0 aromatic heterocycles. The van der Waals surface area contributed by atoms with Gasteiger partial charge < -0.3 is 5.32 Å². The largest absolute Gasteiger partial charge is 0.313 e.